The first-order valence-electron chi connectivity index (χ1n) is 7.20. The van der Waals surface area contributed by atoms with Gasteiger partial charge in [0.25, 0.3) is 0 Å². The highest BCUT2D eigenvalue weighted by molar-refractivity contribution is 7.99. The Labute approximate surface area is 135 Å². The molecule has 1 amide bonds. The molecule has 0 saturated heterocycles. The van der Waals surface area contributed by atoms with Crippen LogP contribution >= 0.6 is 23.1 Å². The van der Waals surface area contributed by atoms with Crippen molar-refractivity contribution in [1.82, 2.24) is 4.90 Å². The Morgan fingerprint density at radius 3 is 2.67 bits per heavy atom. The van der Waals surface area contributed by atoms with Crippen molar-refractivity contribution in [2.45, 2.75) is 25.6 Å². The summed E-state index contributed by atoms with van der Waals surface area (Å²) in [5.41, 5.74) is 2.50. The molecule has 0 fully saturated rings. The Balaban J connectivity index is 1.81. The normalized spacial score (nSPS) is 10.5. The maximum Gasteiger partial charge on any atom is 0.232 e. The molecular weight excluding hydrogens is 298 g/mol. The first kappa shape index (κ1) is 16.1. The fourth-order valence-corrected chi connectivity index (χ4v) is 3.63. The van der Waals surface area contributed by atoms with E-state index >= 15 is 0 Å². The molecule has 1 heterocycles. The zero-order chi connectivity index (χ0) is 14.9. The molecular formula is C17H21NOS2. The van der Waals surface area contributed by atoms with E-state index in [2.05, 4.69) is 35.9 Å². The molecule has 0 unspecified atom stereocenters. The SMILES string of the molecule is CCCN(Cc1ccsc1)C(=O)CSCc1ccccc1. The van der Waals surface area contributed by atoms with Crippen LogP contribution in [0.25, 0.3) is 0 Å². The fraction of sp³-hybridized carbons (Fsp3) is 0.353. The first-order valence-corrected chi connectivity index (χ1v) is 9.30. The summed E-state index contributed by atoms with van der Waals surface area (Å²) in [5, 5.41) is 4.18. The van der Waals surface area contributed by atoms with E-state index in [0.29, 0.717) is 5.75 Å². The van der Waals surface area contributed by atoms with Gasteiger partial charge in [0.2, 0.25) is 5.91 Å². The van der Waals surface area contributed by atoms with Gasteiger partial charge in [-0.05, 0) is 34.4 Å². The van der Waals surface area contributed by atoms with Crippen molar-refractivity contribution in [2.75, 3.05) is 12.3 Å². The lowest BCUT2D eigenvalue weighted by atomic mass is 10.2. The molecule has 0 N–H and O–H groups in total. The highest BCUT2D eigenvalue weighted by Crippen LogP contribution is 2.15. The molecule has 112 valence electrons. The molecule has 0 atom stereocenters. The second-order valence-electron chi connectivity index (χ2n) is 4.93. The number of amides is 1. The van der Waals surface area contributed by atoms with Gasteiger partial charge < -0.3 is 4.90 Å². The van der Waals surface area contributed by atoms with Crippen molar-refractivity contribution >= 4 is 29.0 Å². The van der Waals surface area contributed by atoms with Crippen LogP contribution in [0.5, 0.6) is 0 Å². The van der Waals surface area contributed by atoms with Crippen molar-refractivity contribution in [1.29, 1.82) is 0 Å². The monoisotopic (exact) mass is 319 g/mol. The molecule has 0 radical (unpaired) electrons. The van der Waals surface area contributed by atoms with Crippen LogP contribution in [-0.4, -0.2) is 23.1 Å². The highest BCUT2D eigenvalue weighted by Gasteiger charge is 2.13. The highest BCUT2D eigenvalue weighted by atomic mass is 32.2. The predicted octanol–water partition coefficient (Wildman–Crippen LogP) is 4.42. The summed E-state index contributed by atoms with van der Waals surface area (Å²) in [4.78, 5) is 14.3. The van der Waals surface area contributed by atoms with E-state index in [9.17, 15) is 4.79 Å². The Morgan fingerprint density at radius 2 is 2.00 bits per heavy atom. The van der Waals surface area contributed by atoms with E-state index in [1.54, 1.807) is 23.1 Å². The molecule has 0 aliphatic heterocycles. The summed E-state index contributed by atoms with van der Waals surface area (Å²) < 4.78 is 0. The van der Waals surface area contributed by atoms with Crippen LogP contribution < -0.4 is 0 Å². The van der Waals surface area contributed by atoms with Crippen molar-refractivity contribution < 1.29 is 4.79 Å². The van der Waals surface area contributed by atoms with E-state index in [1.165, 1.54) is 11.1 Å². The van der Waals surface area contributed by atoms with Gasteiger partial charge in [-0.15, -0.1) is 11.8 Å². The Bertz CT molecular complexity index is 525. The maximum atomic E-state index is 12.4. The number of hydrogen-bond donors (Lipinski definition) is 0. The zero-order valence-corrected chi connectivity index (χ0v) is 14.0. The lowest BCUT2D eigenvalue weighted by Crippen LogP contribution is -2.32. The Morgan fingerprint density at radius 1 is 1.19 bits per heavy atom. The lowest BCUT2D eigenvalue weighted by Gasteiger charge is -2.21. The molecule has 0 bridgehead atoms. The van der Waals surface area contributed by atoms with Crippen LogP contribution in [0.15, 0.2) is 47.2 Å². The number of nitrogens with zero attached hydrogens (tertiary/aromatic N) is 1. The van der Waals surface area contributed by atoms with Crippen LogP contribution in [-0.2, 0) is 17.1 Å². The summed E-state index contributed by atoms with van der Waals surface area (Å²) in [6.45, 7) is 3.69. The summed E-state index contributed by atoms with van der Waals surface area (Å²) in [6.07, 6.45) is 0.999. The maximum absolute atomic E-state index is 12.4. The molecule has 2 aromatic rings. The first-order chi connectivity index (χ1) is 10.3. The number of carbonyl (C=O) groups excluding carboxylic acids is 1. The average Bonchev–Trinajstić information content (AvgIpc) is 3.01. The van der Waals surface area contributed by atoms with Crippen LogP contribution in [0.4, 0.5) is 0 Å². The summed E-state index contributed by atoms with van der Waals surface area (Å²) >= 11 is 3.38. The summed E-state index contributed by atoms with van der Waals surface area (Å²) in [5.74, 6) is 1.69. The molecule has 1 aromatic heterocycles. The molecule has 21 heavy (non-hydrogen) atoms. The van der Waals surface area contributed by atoms with Gasteiger partial charge in [0.1, 0.15) is 0 Å². The van der Waals surface area contributed by atoms with Gasteiger partial charge in [-0.2, -0.15) is 11.3 Å². The minimum absolute atomic E-state index is 0.240. The van der Waals surface area contributed by atoms with Gasteiger partial charge in [-0.1, -0.05) is 37.3 Å². The molecule has 4 heteroatoms. The smallest absolute Gasteiger partial charge is 0.232 e. The van der Waals surface area contributed by atoms with Gasteiger partial charge in [-0.25, -0.2) is 0 Å². The van der Waals surface area contributed by atoms with Gasteiger partial charge in [0.05, 0.1) is 5.75 Å². The van der Waals surface area contributed by atoms with E-state index in [-0.39, 0.29) is 5.91 Å². The topological polar surface area (TPSA) is 20.3 Å². The summed E-state index contributed by atoms with van der Waals surface area (Å²) in [6, 6.07) is 12.4. The third-order valence-electron chi connectivity index (χ3n) is 3.14. The van der Waals surface area contributed by atoms with Crippen LogP contribution in [0.3, 0.4) is 0 Å². The molecule has 2 nitrogen and oxygen atoms in total. The number of thioether (sulfide) groups is 1. The standard InChI is InChI=1S/C17H21NOS2/c1-2-9-18(11-16-8-10-20-13-16)17(19)14-21-12-15-6-4-3-5-7-15/h3-8,10,13H,2,9,11-12,14H2,1H3. The number of thiophene rings is 1. The number of hydrogen-bond acceptors (Lipinski definition) is 3. The van der Waals surface area contributed by atoms with Gasteiger partial charge in [0.15, 0.2) is 0 Å². The quantitative estimate of drug-likeness (QED) is 0.718. The second-order valence-corrected chi connectivity index (χ2v) is 6.69. The summed E-state index contributed by atoms with van der Waals surface area (Å²) in [7, 11) is 0. The third-order valence-corrected chi connectivity index (χ3v) is 4.86. The lowest BCUT2D eigenvalue weighted by molar-refractivity contribution is -0.129. The van der Waals surface area contributed by atoms with Crippen LogP contribution in [0, 0.1) is 0 Å². The van der Waals surface area contributed by atoms with E-state index in [4.69, 9.17) is 0 Å². The van der Waals surface area contributed by atoms with Gasteiger partial charge in [0, 0.05) is 18.8 Å². The Kier molecular flexibility index (Phi) is 6.83. The number of benzene rings is 1. The minimum Gasteiger partial charge on any atom is -0.338 e. The number of rotatable bonds is 8. The second kappa shape index (κ2) is 8.90. The van der Waals surface area contributed by atoms with Gasteiger partial charge >= 0.3 is 0 Å². The predicted molar refractivity (Wildman–Crippen MR) is 92.6 cm³/mol. The Hall–Kier alpha value is -1.26. The van der Waals surface area contributed by atoms with Gasteiger partial charge in [-0.3, -0.25) is 4.79 Å². The molecule has 0 spiro atoms. The van der Waals surface area contributed by atoms with E-state index in [0.717, 1.165) is 25.3 Å². The van der Waals surface area contributed by atoms with Crippen molar-refractivity contribution in [3.8, 4) is 0 Å². The molecule has 0 aliphatic rings. The molecule has 1 aromatic carbocycles. The third kappa shape index (κ3) is 5.56. The number of carbonyl (C=O) groups is 1. The molecule has 2 rings (SSSR count). The van der Waals surface area contributed by atoms with Crippen molar-refractivity contribution in [3.05, 3.63) is 58.3 Å². The van der Waals surface area contributed by atoms with E-state index in [1.807, 2.05) is 23.1 Å². The van der Waals surface area contributed by atoms with Crippen molar-refractivity contribution in [3.63, 3.8) is 0 Å². The molecule has 0 saturated carbocycles. The fourth-order valence-electron chi connectivity index (χ4n) is 2.09. The minimum atomic E-state index is 0.240. The zero-order valence-electron chi connectivity index (χ0n) is 12.3. The largest absolute Gasteiger partial charge is 0.338 e. The van der Waals surface area contributed by atoms with Crippen molar-refractivity contribution in [2.24, 2.45) is 0 Å². The van der Waals surface area contributed by atoms with Crippen LogP contribution in [0.1, 0.15) is 24.5 Å². The molecule has 0 aliphatic carbocycles. The van der Waals surface area contributed by atoms with E-state index < -0.39 is 0 Å². The average molecular weight is 319 g/mol. The van der Waals surface area contributed by atoms with Crippen LogP contribution in [0.2, 0.25) is 0 Å².